The number of carbonyl (C=O) groups excluding carboxylic acids is 1. The zero-order valence-corrected chi connectivity index (χ0v) is 31.1. The highest BCUT2D eigenvalue weighted by Crippen LogP contribution is 2.48. The van der Waals surface area contributed by atoms with Gasteiger partial charge in [0.05, 0.1) is 24.9 Å². The Bertz CT molecular complexity index is 1390. The molecular formula is C35H55F2N5O6S. The first-order chi connectivity index (χ1) is 22.6. The van der Waals surface area contributed by atoms with Crippen LogP contribution in [0.5, 0.6) is 0 Å². The quantitative estimate of drug-likeness (QED) is 0.0779. The molecule has 49 heavy (non-hydrogen) atoms. The Morgan fingerprint density at radius 2 is 1.69 bits per heavy atom. The van der Waals surface area contributed by atoms with Crippen molar-refractivity contribution in [3.8, 4) is 0 Å². The number of nitrogen functional groups attached to an aromatic ring is 1. The molecule has 2 aliphatic carbocycles. The van der Waals surface area contributed by atoms with E-state index in [9.17, 15) is 13.6 Å². The maximum Gasteiger partial charge on any atom is 0.416 e. The lowest BCUT2D eigenvalue weighted by Crippen LogP contribution is -2.40. The molecule has 14 heteroatoms. The summed E-state index contributed by atoms with van der Waals surface area (Å²) in [5, 5.41) is 20.1. The molecule has 2 fully saturated rings. The monoisotopic (exact) mass is 711 g/mol. The molecule has 0 saturated heterocycles. The third-order valence-electron chi connectivity index (χ3n) is 7.32. The predicted molar refractivity (Wildman–Crippen MR) is 189 cm³/mol. The van der Waals surface area contributed by atoms with E-state index in [0.717, 1.165) is 37.5 Å². The Hall–Kier alpha value is -2.78. The van der Waals surface area contributed by atoms with Gasteiger partial charge >= 0.3 is 6.09 Å². The molecule has 11 nitrogen and oxygen atoms in total. The SMILES string of the molecule is CC(C)(O)O.CCCSc1nc(NC2CCC(OCCOC(C)(C)C)C2)c(N)c(N(C(=O)OC(C)(C)C)C2C[C@@H]2c2ccc(F)c(F)c2)n1. The lowest BCUT2D eigenvalue weighted by molar-refractivity contribution is -0.127. The number of nitrogens with one attached hydrogen (secondary N) is 1. The summed E-state index contributed by atoms with van der Waals surface area (Å²) in [6, 6.07) is 3.50. The number of ether oxygens (including phenoxy) is 3. The van der Waals surface area contributed by atoms with E-state index in [4.69, 9.17) is 40.1 Å². The molecule has 1 aromatic heterocycles. The average Bonchev–Trinajstić information content (AvgIpc) is 3.60. The van der Waals surface area contributed by atoms with Crippen LogP contribution in [-0.2, 0) is 14.2 Å². The summed E-state index contributed by atoms with van der Waals surface area (Å²) in [6.45, 7) is 17.1. The van der Waals surface area contributed by atoms with Gasteiger partial charge in [-0.05, 0) is 105 Å². The number of nitrogens with two attached hydrogens (primary N) is 1. The molecule has 4 rings (SSSR count). The molecule has 5 N–H and O–H groups in total. The van der Waals surface area contributed by atoms with Crippen molar-refractivity contribution >= 4 is 35.2 Å². The second-order valence-electron chi connectivity index (χ2n) is 15.0. The Morgan fingerprint density at radius 3 is 2.29 bits per heavy atom. The minimum atomic E-state index is -1.50. The maximum atomic E-state index is 14.1. The van der Waals surface area contributed by atoms with Crippen LogP contribution in [0.4, 0.5) is 30.9 Å². The lowest BCUT2D eigenvalue weighted by atomic mass is 10.1. The van der Waals surface area contributed by atoms with Gasteiger partial charge in [-0.25, -0.2) is 23.5 Å². The number of hydrogen-bond donors (Lipinski definition) is 4. The maximum absolute atomic E-state index is 14.1. The zero-order valence-electron chi connectivity index (χ0n) is 30.3. The van der Waals surface area contributed by atoms with Crippen LogP contribution in [0.15, 0.2) is 23.4 Å². The van der Waals surface area contributed by atoms with Crippen molar-refractivity contribution in [3.63, 3.8) is 0 Å². The summed E-state index contributed by atoms with van der Waals surface area (Å²) in [5.41, 5.74) is 6.57. The van der Waals surface area contributed by atoms with Crippen molar-refractivity contribution in [2.24, 2.45) is 0 Å². The first-order valence-electron chi connectivity index (χ1n) is 16.9. The van der Waals surface area contributed by atoms with Crippen LogP contribution < -0.4 is 16.0 Å². The van der Waals surface area contributed by atoms with E-state index >= 15 is 0 Å². The van der Waals surface area contributed by atoms with Gasteiger partial charge in [-0.2, -0.15) is 0 Å². The van der Waals surface area contributed by atoms with E-state index < -0.39 is 35.2 Å². The molecule has 2 aromatic rings. The molecule has 0 bridgehead atoms. The van der Waals surface area contributed by atoms with Crippen LogP contribution in [0.25, 0.3) is 0 Å². The number of aliphatic hydroxyl groups is 2. The van der Waals surface area contributed by atoms with E-state index in [0.29, 0.717) is 36.2 Å². The van der Waals surface area contributed by atoms with E-state index in [1.165, 1.54) is 36.6 Å². The number of rotatable bonds is 12. The third kappa shape index (κ3) is 13.8. The molecular weight excluding hydrogens is 656 g/mol. The second kappa shape index (κ2) is 17.0. The van der Waals surface area contributed by atoms with Crippen molar-refractivity contribution in [2.75, 3.05) is 34.9 Å². The van der Waals surface area contributed by atoms with Gasteiger partial charge in [-0.3, -0.25) is 4.90 Å². The second-order valence-corrected chi connectivity index (χ2v) is 16.0. The summed E-state index contributed by atoms with van der Waals surface area (Å²) in [7, 11) is 0. The molecule has 3 unspecified atom stereocenters. The molecule has 2 saturated carbocycles. The van der Waals surface area contributed by atoms with E-state index in [1.807, 2.05) is 20.8 Å². The molecule has 0 radical (unpaired) electrons. The first kappa shape index (κ1) is 40.6. The predicted octanol–water partition coefficient (Wildman–Crippen LogP) is 7.01. The number of anilines is 3. The fourth-order valence-corrected chi connectivity index (χ4v) is 5.92. The minimum absolute atomic E-state index is 0.0726. The zero-order chi connectivity index (χ0) is 36.7. The largest absolute Gasteiger partial charge is 0.443 e. The summed E-state index contributed by atoms with van der Waals surface area (Å²) < 4.78 is 45.4. The normalized spacial score (nSPS) is 20.8. The summed E-state index contributed by atoms with van der Waals surface area (Å²) >= 11 is 1.48. The standard InChI is InChI=1S/C32H47F2N5O4S.C3H8O2/c1-8-15-44-29-37-27(36-20-10-11-21(17-20)41-13-14-42-31(2,3)4)26(35)28(38-29)39(30(40)43-32(5,6)7)25-18-22(25)19-9-12-23(33)24(34)16-19;1-3(2,4)5/h9,12,16,20-22,25H,8,10-11,13-15,17-18,35H2,1-7H3,(H,36,37,38);4-5H,1-2H3/t20?,21?,22-,25?;/m1./s1. The number of aromatic nitrogens is 2. The van der Waals surface area contributed by atoms with E-state index in [-0.39, 0.29) is 35.2 Å². The highest BCUT2D eigenvalue weighted by molar-refractivity contribution is 7.99. The van der Waals surface area contributed by atoms with Crippen LogP contribution >= 0.6 is 11.8 Å². The van der Waals surface area contributed by atoms with Crippen molar-refractivity contribution in [1.29, 1.82) is 0 Å². The molecule has 2 aliphatic rings. The molecule has 4 atom stereocenters. The van der Waals surface area contributed by atoms with Crippen LogP contribution in [0.2, 0.25) is 0 Å². The lowest BCUT2D eigenvalue weighted by Gasteiger charge is -2.29. The van der Waals surface area contributed by atoms with Gasteiger partial charge in [0.1, 0.15) is 11.3 Å². The van der Waals surface area contributed by atoms with Crippen LogP contribution in [0, 0.1) is 11.6 Å². The fraction of sp³-hybridized carbons (Fsp3) is 0.686. The smallest absolute Gasteiger partial charge is 0.416 e. The first-order valence-corrected chi connectivity index (χ1v) is 17.9. The third-order valence-corrected chi connectivity index (χ3v) is 8.37. The van der Waals surface area contributed by atoms with Crippen LogP contribution in [0.1, 0.15) is 106 Å². The number of amides is 1. The number of halogens is 2. The Labute approximate surface area is 293 Å². The van der Waals surface area contributed by atoms with Crippen LogP contribution in [0.3, 0.4) is 0 Å². The highest BCUT2D eigenvalue weighted by Gasteiger charge is 2.48. The Morgan fingerprint density at radius 1 is 1.02 bits per heavy atom. The van der Waals surface area contributed by atoms with Crippen LogP contribution in [-0.4, -0.2) is 80.4 Å². The molecule has 0 aliphatic heterocycles. The van der Waals surface area contributed by atoms with Gasteiger partial charge in [0.15, 0.2) is 34.2 Å². The number of carbonyl (C=O) groups is 1. The number of hydrogen-bond acceptors (Lipinski definition) is 11. The topological polar surface area (TPSA) is 152 Å². The van der Waals surface area contributed by atoms with Gasteiger partial charge in [0.2, 0.25) is 0 Å². The minimum Gasteiger partial charge on any atom is -0.443 e. The van der Waals surface area contributed by atoms with Gasteiger partial charge < -0.3 is 35.5 Å². The van der Waals surface area contributed by atoms with Crippen molar-refractivity contribution in [2.45, 2.75) is 141 Å². The number of nitrogens with zero attached hydrogens (tertiary/aromatic N) is 3. The van der Waals surface area contributed by atoms with Crippen molar-refractivity contribution < 1.29 is 38.0 Å². The summed E-state index contributed by atoms with van der Waals surface area (Å²) in [6.07, 6.45) is 3.46. The summed E-state index contributed by atoms with van der Waals surface area (Å²) in [4.78, 5) is 24.6. The number of benzene rings is 1. The molecule has 1 heterocycles. The van der Waals surface area contributed by atoms with Crippen molar-refractivity contribution in [3.05, 3.63) is 35.4 Å². The van der Waals surface area contributed by atoms with Gasteiger partial charge in [-0.15, -0.1) is 0 Å². The van der Waals surface area contributed by atoms with Gasteiger partial charge in [-0.1, -0.05) is 24.8 Å². The van der Waals surface area contributed by atoms with E-state index in [1.54, 1.807) is 26.8 Å². The van der Waals surface area contributed by atoms with Gasteiger partial charge in [0, 0.05) is 23.8 Å². The van der Waals surface area contributed by atoms with E-state index in [2.05, 4.69) is 12.2 Å². The van der Waals surface area contributed by atoms with Gasteiger partial charge in [0.25, 0.3) is 0 Å². The average molecular weight is 712 g/mol. The molecule has 1 amide bonds. The molecule has 276 valence electrons. The summed E-state index contributed by atoms with van der Waals surface area (Å²) in [5.74, 6) is -2.09. The fourth-order valence-electron chi connectivity index (χ4n) is 5.23. The van der Waals surface area contributed by atoms with Crippen molar-refractivity contribution in [1.82, 2.24) is 9.97 Å². The molecule has 0 spiro atoms. The number of thioether (sulfide) groups is 1. The highest BCUT2D eigenvalue weighted by atomic mass is 32.2. The Kier molecular flexibility index (Phi) is 14.1. The molecule has 1 aromatic carbocycles. The Balaban J connectivity index is 0.00000121.